The molecule has 0 radical (unpaired) electrons. The van der Waals surface area contributed by atoms with E-state index in [9.17, 15) is 8.42 Å². The zero-order chi connectivity index (χ0) is 15.5. The molecule has 0 saturated heterocycles. The zero-order valence-corrected chi connectivity index (χ0v) is 14.1. The van der Waals surface area contributed by atoms with Crippen molar-refractivity contribution in [1.82, 2.24) is 10.2 Å². The van der Waals surface area contributed by atoms with Crippen molar-refractivity contribution in [2.75, 3.05) is 0 Å². The predicted octanol–water partition coefficient (Wildman–Crippen LogP) is -1.62. The molecule has 3 N–H and O–H groups in total. The normalized spacial score (nSPS) is 14.1. The van der Waals surface area contributed by atoms with E-state index in [0.29, 0.717) is 5.56 Å². The molecule has 0 aliphatic heterocycles. The second-order valence-corrected chi connectivity index (χ2v) is 7.01. The van der Waals surface area contributed by atoms with Gasteiger partial charge in [-0.1, -0.05) is 49.3 Å². The first-order valence-electron chi connectivity index (χ1n) is 6.87. The monoisotopic (exact) mass is 345 g/mol. The molecule has 1 unspecified atom stereocenters. The van der Waals surface area contributed by atoms with Crippen LogP contribution in [-0.2, 0) is 15.6 Å². The van der Waals surface area contributed by atoms with E-state index < -0.39 is 9.84 Å². The van der Waals surface area contributed by atoms with Gasteiger partial charge in [0.15, 0.2) is 6.04 Å². The molecule has 1 heterocycles. The smallest absolute Gasteiger partial charge is 0.336 e. The number of aromatic nitrogens is 2. The van der Waals surface area contributed by atoms with Gasteiger partial charge in [0.1, 0.15) is 0 Å². The van der Waals surface area contributed by atoms with E-state index in [4.69, 9.17) is 4.42 Å². The third-order valence-electron chi connectivity index (χ3n) is 3.54. The lowest BCUT2D eigenvalue weighted by atomic mass is 10.0. The minimum absolute atomic E-state index is 0. The molecule has 22 heavy (non-hydrogen) atoms. The summed E-state index contributed by atoms with van der Waals surface area (Å²) in [6, 6.07) is 8.71. The predicted molar refractivity (Wildman–Crippen MR) is 76.7 cm³/mol. The zero-order valence-electron chi connectivity index (χ0n) is 12.6. The summed E-state index contributed by atoms with van der Waals surface area (Å²) in [6.45, 7) is 4.05. The number of sulfone groups is 1. The Kier molecular flexibility index (Phi) is 6.52. The van der Waals surface area contributed by atoms with Crippen molar-refractivity contribution in [3.05, 3.63) is 41.8 Å². The average Bonchev–Trinajstić information content (AvgIpc) is 2.97. The van der Waals surface area contributed by atoms with Crippen molar-refractivity contribution < 1.29 is 31.0 Å². The van der Waals surface area contributed by atoms with Crippen LogP contribution in [0.15, 0.2) is 40.0 Å². The molecule has 0 bridgehead atoms. The standard InChI is InChI=1S/C14H19N3O3S.ClH/c1-3-10(2)12(15)13-16-17-14(20-13)21(18,19)9-11-7-5-4-6-8-11;/h4-8,10,12H,3,9,15H2,1-2H3;1H/t10?,12-;/m0./s1. The van der Waals surface area contributed by atoms with E-state index in [1.54, 1.807) is 24.3 Å². The first kappa shape index (κ1) is 18.6. The van der Waals surface area contributed by atoms with E-state index in [1.807, 2.05) is 19.9 Å². The van der Waals surface area contributed by atoms with Crippen molar-refractivity contribution in [3.63, 3.8) is 0 Å². The SMILES string of the molecule is CCC(C)[C@H]([NH3+])c1nnc(S(=O)(=O)Cc2ccccc2)o1.[Cl-]. The molecular weight excluding hydrogens is 326 g/mol. The topological polar surface area (TPSA) is 101 Å². The second kappa shape index (κ2) is 7.71. The number of nitrogens with zero attached hydrogens (tertiary/aromatic N) is 2. The molecule has 0 fully saturated rings. The molecule has 2 aromatic rings. The first-order valence-corrected chi connectivity index (χ1v) is 8.52. The van der Waals surface area contributed by atoms with E-state index in [-0.39, 0.29) is 41.2 Å². The number of rotatable bonds is 6. The maximum atomic E-state index is 12.3. The van der Waals surface area contributed by atoms with Gasteiger partial charge in [-0.2, -0.15) is 0 Å². The molecular formula is C14H20ClN3O3S. The summed E-state index contributed by atoms with van der Waals surface area (Å²) in [5.74, 6) is 0.367. The fourth-order valence-electron chi connectivity index (χ4n) is 1.88. The summed E-state index contributed by atoms with van der Waals surface area (Å²) < 4.78 is 29.9. The number of hydrogen-bond donors (Lipinski definition) is 1. The van der Waals surface area contributed by atoms with Crippen molar-refractivity contribution in [2.45, 2.75) is 37.3 Å². The molecule has 1 aromatic heterocycles. The van der Waals surface area contributed by atoms with Crippen LogP contribution in [0.25, 0.3) is 0 Å². The van der Waals surface area contributed by atoms with Crippen LogP contribution in [0, 0.1) is 5.92 Å². The van der Waals surface area contributed by atoms with Crippen LogP contribution in [0.4, 0.5) is 0 Å². The molecule has 0 spiro atoms. The minimum atomic E-state index is -3.63. The molecule has 6 nitrogen and oxygen atoms in total. The lowest BCUT2D eigenvalue weighted by molar-refractivity contribution is -0.444. The molecule has 0 saturated carbocycles. The van der Waals surface area contributed by atoms with Crippen LogP contribution < -0.4 is 18.1 Å². The number of quaternary nitrogens is 1. The van der Waals surface area contributed by atoms with Crippen molar-refractivity contribution >= 4 is 9.84 Å². The highest BCUT2D eigenvalue weighted by atomic mass is 35.5. The largest absolute Gasteiger partial charge is 1.00 e. The van der Waals surface area contributed by atoms with Crippen LogP contribution >= 0.6 is 0 Å². The fourth-order valence-corrected chi connectivity index (χ4v) is 3.01. The summed E-state index contributed by atoms with van der Waals surface area (Å²) in [5.41, 5.74) is 4.65. The van der Waals surface area contributed by atoms with Gasteiger partial charge in [-0.15, -0.1) is 5.10 Å². The Morgan fingerprint density at radius 2 is 1.86 bits per heavy atom. The van der Waals surface area contributed by atoms with Crippen LogP contribution in [0.2, 0.25) is 0 Å². The number of hydrogen-bond acceptors (Lipinski definition) is 5. The maximum absolute atomic E-state index is 12.3. The van der Waals surface area contributed by atoms with Gasteiger partial charge in [0.2, 0.25) is 9.84 Å². The molecule has 0 aliphatic carbocycles. The van der Waals surface area contributed by atoms with Gasteiger partial charge in [-0.25, -0.2) is 8.42 Å². The first-order chi connectivity index (χ1) is 9.94. The third-order valence-corrected chi connectivity index (χ3v) is 4.95. The summed E-state index contributed by atoms with van der Waals surface area (Å²) in [6.07, 6.45) is 0.905. The van der Waals surface area contributed by atoms with E-state index >= 15 is 0 Å². The molecule has 122 valence electrons. The highest BCUT2D eigenvalue weighted by Gasteiger charge is 2.28. The number of halogens is 1. The van der Waals surface area contributed by atoms with Gasteiger partial charge in [0.25, 0.3) is 5.89 Å². The Bertz CT molecular complexity index is 688. The Labute approximate surface area is 136 Å². The minimum Gasteiger partial charge on any atom is -1.00 e. The van der Waals surface area contributed by atoms with Crippen molar-refractivity contribution in [2.24, 2.45) is 5.92 Å². The fraction of sp³-hybridized carbons (Fsp3) is 0.429. The Morgan fingerprint density at radius 1 is 1.23 bits per heavy atom. The van der Waals surface area contributed by atoms with Gasteiger partial charge >= 0.3 is 5.22 Å². The van der Waals surface area contributed by atoms with E-state index in [1.165, 1.54) is 0 Å². The van der Waals surface area contributed by atoms with Crippen molar-refractivity contribution in [1.29, 1.82) is 0 Å². The Morgan fingerprint density at radius 3 is 2.45 bits per heavy atom. The summed E-state index contributed by atoms with van der Waals surface area (Å²) in [5, 5.41) is 7.18. The Balaban J connectivity index is 0.00000242. The van der Waals surface area contributed by atoms with Gasteiger partial charge < -0.3 is 22.6 Å². The van der Waals surface area contributed by atoms with E-state index in [0.717, 1.165) is 6.42 Å². The maximum Gasteiger partial charge on any atom is 0.336 e. The van der Waals surface area contributed by atoms with Crippen LogP contribution in [0.5, 0.6) is 0 Å². The lowest BCUT2D eigenvalue weighted by Gasteiger charge is -2.09. The highest BCUT2D eigenvalue weighted by Crippen LogP contribution is 2.21. The Hall–Kier alpha value is -1.44. The average molecular weight is 346 g/mol. The number of benzene rings is 1. The van der Waals surface area contributed by atoms with Crippen LogP contribution in [0.3, 0.4) is 0 Å². The summed E-state index contributed by atoms with van der Waals surface area (Å²) in [4.78, 5) is 0. The molecule has 1 aromatic carbocycles. The van der Waals surface area contributed by atoms with Gasteiger partial charge in [-0.05, 0) is 12.0 Å². The van der Waals surface area contributed by atoms with Gasteiger partial charge in [-0.3, -0.25) is 0 Å². The van der Waals surface area contributed by atoms with Crippen LogP contribution in [-0.4, -0.2) is 18.6 Å². The van der Waals surface area contributed by atoms with Gasteiger partial charge in [0.05, 0.1) is 5.75 Å². The molecule has 0 amide bonds. The quantitative estimate of drug-likeness (QED) is 0.678. The van der Waals surface area contributed by atoms with Crippen molar-refractivity contribution in [3.8, 4) is 0 Å². The highest BCUT2D eigenvalue weighted by molar-refractivity contribution is 7.90. The molecule has 8 heteroatoms. The third kappa shape index (κ3) is 4.28. The molecule has 2 atom stereocenters. The second-order valence-electron chi connectivity index (χ2n) is 5.14. The summed E-state index contributed by atoms with van der Waals surface area (Å²) >= 11 is 0. The summed E-state index contributed by atoms with van der Waals surface area (Å²) in [7, 11) is -3.63. The van der Waals surface area contributed by atoms with Gasteiger partial charge in [0, 0.05) is 5.92 Å². The van der Waals surface area contributed by atoms with E-state index in [2.05, 4.69) is 15.9 Å². The lowest BCUT2D eigenvalue weighted by Crippen LogP contribution is -3.00. The van der Waals surface area contributed by atoms with Crippen LogP contribution in [0.1, 0.15) is 37.8 Å². The molecule has 2 rings (SSSR count). The molecule has 0 aliphatic rings.